The molecular formula is C36H44N4O12S2. The highest BCUT2D eigenvalue weighted by Crippen LogP contribution is 2.36. The minimum atomic E-state index is -4.45. The summed E-state index contributed by atoms with van der Waals surface area (Å²) in [6, 6.07) is 9.62. The quantitative estimate of drug-likeness (QED) is 0.0654. The van der Waals surface area contributed by atoms with Gasteiger partial charge in [0.2, 0.25) is 0 Å². The number of aliphatic hydroxyl groups is 2. The van der Waals surface area contributed by atoms with Crippen LogP contribution < -0.4 is 5.01 Å². The SMILES string of the molecule is O=C(O)C1=NN(c2ccc(S(=O)(=O)O)cc2)C(O)C1N=Nc1ccc(SOOC(=O)C2CCC(OC3CCC(C(=O)C4CCCCC4)C(O)C3)CC2)cc1. The van der Waals surface area contributed by atoms with Crippen LogP contribution in [0.15, 0.2) is 73.7 Å². The van der Waals surface area contributed by atoms with Crippen LogP contribution in [-0.4, -0.2) is 82.3 Å². The summed E-state index contributed by atoms with van der Waals surface area (Å²) in [5.74, 6) is -2.20. The van der Waals surface area contributed by atoms with Crippen molar-refractivity contribution in [1.82, 2.24) is 0 Å². The molecule has 0 bridgehead atoms. The second kappa shape index (κ2) is 17.8. The number of carboxylic acid groups (broad SMARTS) is 1. The van der Waals surface area contributed by atoms with E-state index in [1.807, 2.05) is 0 Å². The van der Waals surface area contributed by atoms with Gasteiger partial charge in [0.25, 0.3) is 10.1 Å². The maximum Gasteiger partial charge on any atom is 0.354 e. The average Bonchev–Trinajstić information content (AvgIpc) is 3.50. The summed E-state index contributed by atoms with van der Waals surface area (Å²) < 4.78 is 43.3. The number of hydrogen-bond donors (Lipinski definition) is 4. The first-order valence-electron chi connectivity index (χ1n) is 18.2. The molecule has 0 aromatic heterocycles. The molecule has 1 heterocycles. The Bertz CT molecular complexity index is 1810. The van der Waals surface area contributed by atoms with E-state index in [0.717, 1.165) is 61.3 Å². The highest BCUT2D eigenvalue weighted by Gasteiger charge is 2.42. The van der Waals surface area contributed by atoms with Gasteiger partial charge in [0.1, 0.15) is 5.78 Å². The number of ether oxygens (including phenoxy) is 1. The molecule has 54 heavy (non-hydrogen) atoms. The third-order valence-electron chi connectivity index (χ3n) is 10.6. The van der Waals surface area contributed by atoms with Gasteiger partial charge in [-0.3, -0.25) is 14.2 Å². The Morgan fingerprint density at radius 2 is 1.50 bits per heavy atom. The summed E-state index contributed by atoms with van der Waals surface area (Å²) in [7, 11) is -4.45. The van der Waals surface area contributed by atoms with Gasteiger partial charge in [0.15, 0.2) is 18.0 Å². The number of carbonyl (C=O) groups is 3. The monoisotopic (exact) mass is 788 g/mol. The highest BCUT2D eigenvalue weighted by atomic mass is 32.2. The lowest BCUT2D eigenvalue weighted by Crippen LogP contribution is -2.42. The lowest BCUT2D eigenvalue weighted by Gasteiger charge is -2.37. The zero-order valence-corrected chi connectivity index (χ0v) is 31.0. The van der Waals surface area contributed by atoms with E-state index in [0.29, 0.717) is 49.1 Å². The number of aliphatic carboxylic acids is 1. The first-order valence-corrected chi connectivity index (χ1v) is 20.4. The summed E-state index contributed by atoms with van der Waals surface area (Å²) in [6.45, 7) is 0. The van der Waals surface area contributed by atoms with Crippen molar-refractivity contribution in [3.63, 3.8) is 0 Å². The molecule has 292 valence electrons. The topological polar surface area (TPSA) is 234 Å². The number of rotatable bonds is 13. The molecule has 3 saturated carbocycles. The molecule has 0 spiro atoms. The molecule has 6 rings (SSSR count). The van der Waals surface area contributed by atoms with Gasteiger partial charge in [0.05, 0.1) is 52.5 Å². The van der Waals surface area contributed by atoms with Gasteiger partial charge in [0, 0.05) is 23.2 Å². The van der Waals surface area contributed by atoms with E-state index in [-0.39, 0.29) is 46.3 Å². The number of azo groups is 1. The number of ketones is 1. The molecule has 4 aliphatic rings. The highest BCUT2D eigenvalue weighted by molar-refractivity contribution is 7.94. The first-order chi connectivity index (χ1) is 25.9. The van der Waals surface area contributed by atoms with Crippen LogP contribution in [0.3, 0.4) is 0 Å². The summed E-state index contributed by atoms with van der Waals surface area (Å²) in [5.41, 5.74) is -0.0165. The number of carbonyl (C=O) groups excluding carboxylic acids is 2. The Kier molecular flexibility index (Phi) is 13.1. The van der Waals surface area contributed by atoms with Crippen LogP contribution in [0.5, 0.6) is 0 Å². The Morgan fingerprint density at radius 3 is 2.13 bits per heavy atom. The molecule has 0 amide bonds. The summed E-state index contributed by atoms with van der Waals surface area (Å²) in [4.78, 5) is 42.8. The van der Waals surface area contributed by atoms with Crippen LogP contribution in [-0.2, 0) is 38.5 Å². The molecule has 5 unspecified atom stereocenters. The first kappa shape index (κ1) is 39.9. The minimum absolute atomic E-state index is 0.0189. The Morgan fingerprint density at radius 1 is 0.833 bits per heavy atom. The van der Waals surface area contributed by atoms with E-state index in [4.69, 9.17) is 14.0 Å². The zero-order chi connectivity index (χ0) is 38.4. The maximum atomic E-state index is 13.0. The molecule has 16 nitrogen and oxygen atoms in total. The van der Waals surface area contributed by atoms with E-state index >= 15 is 0 Å². The van der Waals surface area contributed by atoms with Crippen molar-refractivity contribution in [2.75, 3.05) is 5.01 Å². The lowest BCUT2D eigenvalue weighted by molar-refractivity contribution is -0.213. The van der Waals surface area contributed by atoms with E-state index < -0.39 is 46.1 Å². The smallest absolute Gasteiger partial charge is 0.354 e. The van der Waals surface area contributed by atoms with Crippen LogP contribution >= 0.6 is 12.0 Å². The Balaban J connectivity index is 0.909. The van der Waals surface area contributed by atoms with Crippen LogP contribution in [0.1, 0.15) is 77.0 Å². The van der Waals surface area contributed by atoms with E-state index in [9.17, 15) is 42.7 Å². The second-order valence-corrected chi connectivity index (χ2v) is 16.4. The number of nitrogens with zero attached hydrogens (tertiary/aromatic N) is 4. The standard InChI is InChI=1S/C36H44N4O12S2/c41-30-20-26(14-19-29(30)33(42)21-4-2-1-3-5-21)50-25-12-6-22(7-13-25)36(46)51-52-53-27-15-8-23(9-16-27)37-38-31-32(35(44)45)39-40(34(31)43)24-10-17-28(18-11-24)54(47,48)49/h8-11,15-18,21-22,25-26,29-31,34,41,43H,1-7,12-14,19-20H2,(H,44,45)(H,47,48,49). The Labute approximate surface area is 316 Å². The van der Waals surface area contributed by atoms with Gasteiger partial charge in [-0.1, -0.05) is 19.3 Å². The predicted octanol–water partition coefficient (Wildman–Crippen LogP) is 5.40. The van der Waals surface area contributed by atoms with Crippen molar-refractivity contribution >= 4 is 57.0 Å². The summed E-state index contributed by atoms with van der Waals surface area (Å²) in [6.07, 6.45) is 7.28. The van der Waals surface area contributed by atoms with Crippen molar-refractivity contribution in [3.05, 3.63) is 48.5 Å². The maximum absolute atomic E-state index is 13.0. The fourth-order valence-corrected chi connectivity index (χ4v) is 8.50. The van der Waals surface area contributed by atoms with Crippen molar-refractivity contribution in [1.29, 1.82) is 0 Å². The summed E-state index contributed by atoms with van der Waals surface area (Å²) >= 11 is 0.820. The molecule has 0 radical (unpaired) electrons. The Hall–Kier alpha value is -3.78. The van der Waals surface area contributed by atoms with E-state index in [1.165, 1.54) is 18.6 Å². The number of hydrazone groups is 1. The number of carboxylic acids is 1. The van der Waals surface area contributed by atoms with Gasteiger partial charge >= 0.3 is 11.9 Å². The van der Waals surface area contributed by atoms with Crippen molar-refractivity contribution in [2.45, 2.75) is 117 Å². The molecule has 5 atom stereocenters. The van der Waals surface area contributed by atoms with E-state index in [2.05, 4.69) is 15.3 Å². The third-order valence-corrected chi connectivity index (χ3v) is 12.0. The van der Waals surface area contributed by atoms with E-state index in [1.54, 1.807) is 24.3 Å². The largest absolute Gasteiger partial charge is 0.477 e. The predicted molar refractivity (Wildman–Crippen MR) is 193 cm³/mol. The third kappa shape index (κ3) is 9.90. The second-order valence-electron chi connectivity index (χ2n) is 14.2. The van der Waals surface area contributed by atoms with Crippen LogP contribution in [0.2, 0.25) is 0 Å². The summed E-state index contributed by atoms with van der Waals surface area (Å²) in [5, 5.41) is 44.1. The normalized spacial score (nSPS) is 28.2. The molecule has 0 saturated heterocycles. The van der Waals surface area contributed by atoms with Gasteiger partial charge in [-0.05, 0) is 99.9 Å². The molecule has 2 aromatic carbocycles. The fourth-order valence-electron chi connectivity index (χ4n) is 7.59. The van der Waals surface area contributed by atoms with Gasteiger partial charge in [-0.15, -0.1) is 4.33 Å². The van der Waals surface area contributed by atoms with Gasteiger partial charge in [-0.2, -0.15) is 23.7 Å². The molecule has 1 aliphatic heterocycles. The van der Waals surface area contributed by atoms with Crippen molar-refractivity contribution < 1.29 is 56.6 Å². The molecule has 4 N–H and O–H groups in total. The molecule has 3 fully saturated rings. The fraction of sp³-hybridized carbons (Fsp3) is 0.556. The average molecular weight is 789 g/mol. The molecule has 2 aromatic rings. The molecule has 18 heteroatoms. The molecule has 3 aliphatic carbocycles. The number of hydrogen-bond acceptors (Lipinski definition) is 15. The number of benzene rings is 2. The zero-order valence-electron chi connectivity index (χ0n) is 29.4. The lowest BCUT2D eigenvalue weighted by atomic mass is 9.74. The van der Waals surface area contributed by atoms with Crippen molar-refractivity contribution in [2.24, 2.45) is 33.1 Å². The van der Waals surface area contributed by atoms with Gasteiger partial charge < -0.3 is 20.1 Å². The van der Waals surface area contributed by atoms with Crippen LogP contribution in [0.4, 0.5) is 11.4 Å². The minimum Gasteiger partial charge on any atom is -0.477 e. The number of Topliss-reactive ketones (excluding diaryl/α,β-unsaturated/α-hetero) is 1. The molecular weight excluding hydrogens is 745 g/mol. The van der Waals surface area contributed by atoms with Gasteiger partial charge in [-0.25, -0.2) is 14.6 Å². The van der Waals surface area contributed by atoms with Crippen LogP contribution in [0, 0.1) is 17.8 Å². The number of aliphatic hydroxyl groups excluding tert-OH is 2. The van der Waals surface area contributed by atoms with Crippen molar-refractivity contribution in [3.8, 4) is 0 Å². The number of anilines is 1. The van der Waals surface area contributed by atoms with Crippen LogP contribution in [0.25, 0.3) is 0 Å².